The van der Waals surface area contributed by atoms with Crippen LogP contribution in [0.4, 0.5) is 0 Å². The third-order valence-electron chi connectivity index (χ3n) is 4.34. The molecule has 0 amide bonds. The van der Waals surface area contributed by atoms with Crippen LogP contribution in [-0.4, -0.2) is 9.55 Å². The van der Waals surface area contributed by atoms with Gasteiger partial charge in [-0.2, -0.15) is 0 Å². The van der Waals surface area contributed by atoms with Crippen molar-refractivity contribution in [3.63, 3.8) is 0 Å². The van der Waals surface area contributed by atoms with E-state index in [1.54, 1.807) is 0 Å². The van der Waals surface area contributed by atoms with Crippen molar-refractivity contribution in [2.75, 3.05) is 0 Å². The van der Waals surface area contributed by atoms with E-state index in [9.17, 15) is 0 Å². The number of hydrogen-bond acceptors (Lipinski definition) is 1. The zero-order valence-electron chi connectivity index (χ0n) is 11.9. The van der Waals surface area contributed by atoms with Gasteiger partial charge < -0.3 is 4.57 Å². The molecular formula is C16H20BrClN2. The molecule has 0 bridgehead atoms. The van der Waals surface area contributed by atoms with Crippen LogP contribution in [0.25, 0.3) is 11.0 Å². The van der Waals surface area contributed by atoms with E-state index in [2.05, 4.69) is 45.6 Å². The maximum Gasteiger partial charge on any atom is 0.127 e. The van der Waals surface area contributed by atoms with E-state index >= 15 is 0 Å². The van der Waals surface area contributed by atoms with Gasteiger partial charge in [-0.15, -0.1) is 11.6 Å². The first kappa shape index (κ1) is 14.4. The molecule has 1 saturated carbocycles. The number of nitrogens with zero attached hydrogens (tertiary/aromatic N) is 2. The summed E-state index contributed by atoms with van der Waals surface area (Å²) >= 11 is 9.86. The molecule has 20 heavy (non-hydrogen) atoms. The monoisotopic (exact) mass is 354 g/mol. The highest BCUT2D eigenvalue weighted by molar-refractivity contribution is 9.10. The first-order valence-electron chi connectivity index (χ1n) is 7.34. The van der Waals surface area contributed by atoms with Crippen molar-refractivity contribution < 1.29 is 0 Å². The first-order chi connectivity index (χ1) is 9.54. The molecule has 3 unspecified atom stereocenters. The summed E-state index contributed by atoms with van der Waals surface area (Å²) in [5.41, 5.74) is 2.24. The number of alkyl halides is 1. The van der Waals surface area contributed by atoms with E-state index in [1.165, 1.54) is 24.8 Å². The van der Waals surface area contributed by atoms with Crippen molar-refractivity contribution in [2.45, 2.75) is 45.0 Å². The maximum absolute atomic E-state index is 6.34. The topological polar surface area (TPSA) is 17.8 Å². The fraction of sp³-hybridized carbons (Fsp3) is 0.562. The number of imidazole rings is 1. The van der Waals surface area contributed by atoms with Gasteiger partial charge in [0.05, 0.1) is 16.4 Å². The fourth-order valence-electron chi connectivity index (χ4n) is 3.37. The molecule has 0 aliphatic heterocycles. The van der Waals surface area contributed by atoms with Crippen LogP contribution in [0.5, 0.6) is 0 Å². The van der Waals surface area contributed by atoms with Crippen molar-refractivity contribution in [3.8, 4) is 0 Å². The van der Waals surface area contributed by atoms with Gasteiger partial charge in [0.15, 0.2) is 0 Å². The number of fused-ring (bicyclic) bond motifs is 1. The van der Waals surface area contributed by atoms with Gasteiger partial charge in [-0.25, -0.2) is 4.98 Å². The summed E-state index contributed by atoms with van der Waals surface area (Å²) in [5, 5.41) is -0.0556. The largest absolute Gasteiger partial charge is 0.326 e. The first-order valence-corrected chi connectivity index (χ1v) is 8.57. The molecule has 0 spiro atoms. The van der Waals surface area contributed by atoms with Gasteiger partial charge in [0.2, 0.25) is 0 Å². The Kier molecular flexibility index (Phi) is 4.09. The Morgan fingerprint density at radius 3 is 2.90 bits per heavy atom. The zero-order valence-corrected chi connectivity index (χ0v) is 14.3. The standard InChI is InChI=1S/C16H20BrClN2/c1-10-3-4-12(7-10)9-20-15-6-5-13(17)8-14(15)19-16(20)11(2)18/h5-6,8,10-12H,3-4,7,9H2,1-2H3. The predicted octanol–water partition coefficient (Wildman–Crippen LogP) is 5.53. The summed E-state index contributed by atoms with van der Waals surface area (Å²) < 4.78 is 3.40. The molecule has 0 saturated heterocycles. The molecule has 2 aromatic rings. The Hall–Kier alpha value is -0.540. The van der Waals surface area contributed by atoms with Crippen molar-refractivity contribution in [3.05, 3.63) is 28.5 Å². The fourth-order valence-corrected chi connectivity index (χ4v) is 3.88. The molecule has 1 aliphatic rings. The Labute approximate surface area is 133 Å². The lowest BCUT2D eigenvalue weighted by molar-refractivity contribution is 0.438. The molecular weight excluding hydrogens is 336 g/mol. The van der Waals surface area contributed by atoms with Gasteiger partial charge in [0, 0.05) is 11.0 Å². The minimum atomic E-state index is -0.0556. The van der Waals surface area contributed by atoms with Crippen molar-refractivity contribution in [1.29, 1.82) is 0 Å². The normalized spacial score (nSPS) is 24.4. The lowest BCUT2D eigenvalue weighted by atomic mass is 10.1. The second kappa shape index (κ2) is 5.69. The van der Waals surface area contributed by atoms with Crippen molar-refractivity contribution >= 4 is 38.6 Å². The molecule has 4 heteroatoms. The second-order valence-corrected chi connectivity index (χ2v) is 7.68. The molecule has 2 nitrogen and oxygen atoms in total. The summed E-state index contributed by atoms with van der Waals surface area (Å²) in [6.07, 6.45) is 4.01. The molecule has 3 atom stereocenters. The quantitative estimate of drug-likeness (QED) is 0.661. The van der Waals surface area contributed by atoms with E-state index in [1.807, 2.05) is 6.92 Å². The Morgan fingerprint density at radius 2 is 2.25 bits per heavy atom. The Bertz CT molecular complexity index is 620. The Morgan fingerprint density at radius 1 is 1.45 bits per heavy atom. The highest BCUT2D eigenvalue weighted by Crippen LogP contribution is 2.34. The van der Waals surface area contributed by atoms with Crippen LogP contribution in [0.2, 0.25) is 0 Å². The number of halogens is 2. The number of hydrogen-bond donors (Lipinski definition) is 0. The summed E-state index contributed by atoms with van der Waals surface area (Å²) in [5.74, 6) is 2.63. The lowest BCUT2D eigenvalue weighted by Crippen LogP contribution is -2.11. The zero-order chi connectivity index (χ0) is 14.3. The minimum Gasteiger partial charge on any atom is -0.326 e. The van der Waals surface area contributed by atoms with Gasteiger partial charge in [-0.3, -0.25) is 0 Å². The smallest absolute Gasteiger partial charge is 0.127 e. The molecule has 1 aromatic carbocycles. The summed E-state index contributed by atoms with van der Waals surface area (Å²) in [6, 6.07) is 6.31. The van der Waals surface area contributed by atoms with Crippen molar-refractivity contribution in [1.82, 2.24) is 9.55 Å². The van der Waals surface area contributed by atoms with Crippen LogP contribution in [-0.2, 0) is 6.54 Å². The molecule has 3 rings (SSSR count). The van der Waals surface area contributed by atoms with E-state index < -0.39 is 0 Å². The van der Waals surface area contributed by atoms with Crippen LogP contribution < -0.4 is 0 Å². The molecule has 1 aromatic heterocycles. The highest BCUT2D eigenvalue weighted by atomic mass is 79.9. The molecule has 0 radical (unpaired) electrons. The van der Waals surface area contributed by atoms with Gasteiger partial charge in [0.25, 0.3) is 0 Å². The third-order valence-corrected chi connectivity index (χ3v) is 5.03. The lowest BCUT2D eigenvalue weighted by Gasteiger charge is -2.15. The van der Waals surface area contributed by atoms with Crippen LogP contribution >= 0.6 is 27.5 Å². The number of aromatic nitrogens is 2. The van der Waals surface area contributed by atoms with Gasteiger partial charge >= 0.3 is 0 Å². The van der Waals surface area contributed by atoms with E-state index in [4.69, 9.17) is 16.6 Å². The van der Waals surface area contributed by atoms with Crippen LogP contribution in [0.1, 0.15) is 44.3 Å². The summed E-state index contributed by atoms with van der Waals surface area (Å²) in [7, 11) is 0. The van der Waals surface area contributed by atoms with Crippen molar-refractivity contribution in [2.24, 2.45) is 11.8 Å². The van der Waals surface area contributed by atoms with E-state index in [0.717, 1.165) is 34.2 Å². The molecule has 1 fully saturated rings. The maximum atomic E-state index is 6.34. The van der Waals surface area contributed by atoms with Crippen LogP contribution in [0.3, 0.4) is 0 Å². The third kappa shape index (κ3) is 2.75. The van der Waals surface area contributed by atoms with E-state index in [0.29, 0.717) is 0 Å². The summed E-state index contributed by atoms with van der Waals surface area (Å²) in [4.78, 5) is 4.74. The SMILES string of the molecule is CC1CCC(Cn2c(C(C)Cl)nc3cc(Br)ccc32)C1. The summed E-state index contributed by atoms with van der Waals surface area (Å²) in [6.45, 7) is 5.41. The highest BCUT2D eigenvalue weighted by Gasteiger charge is 2.24. The molecule has 1 heterocycles. The average Bonchev–Trinajstić information content (AvgIpc) is 2.94. The van der Waals surface area contributed by atoms with Crippen LogP contribution in [0, 0.1) is 11.8 Å². The van der Waals surface area contributed by atoms with Gasteiger partial charge in [-0.05, 0) is 49.8 Å². The molecule has 0 N–H and O–H groups in total. The van der Waals surface area contributed by atoms with Gasteiger partial charge in [-0.1, -0.05) is 29.3 Å². The van der Waals surface area contributed by atoms with Crippen LogP contribution in [0.15, 0.2) is 22.7 Å². The average molecular weight is 356 g/mol. The number of rotatable bonds is 3. The van der Waals surface area contributed by atoms with Gasteiger partial charge in [0.1, 0.15) is 5.82 Å². The second-order valence-electron chi connectivity index (χ2n) is 6.11. The molecule has 1 aliphatic carbocycles. The predicted molar refractivity (Wildman–Crippen MR) is 88.2 cm³/mol. The Balaban J connectivity index is 2.00. The van der Waals surface area contributed by atoms with E-state index in [-0.39, 0.29) is 5.38 Å². The molecule has 108 valence electrons. The number of benzene rings is 1. The minimum absolute atomic E-state index is 0.0556.